The highest BCUT2D eigenvalue weighted by Crippen LogP contribution is 2.35. The molecule has 35 heavy (non-hydrogen) atoms. The number of thioether (sulfide) groups is 1. The molecule has 1 atom stereocenters. The average Bonchev–Trinajstić information content (AvgIpc) is 3.10. The Hall–Kier alpha value is -3.57. The fourth-order valence-electron chi connectivity index (χ4n) is 3.09. The van der Waals surface area contributed by atoms with Crippen LogP contribution in [0.15, 0.2) is 47.4 Å². The van der Waals surface area contributed by atoms with Crippen LogP contribution in [0.1, 0.15) is 36.2 Å². The number of methoxy groups -OCH3 is 1. The normalized spacial score (nSPS) is 15.2. The summed E-state index contributed by atoms with van der Waals surface area (Å²) in [6.45, 7) is 3.84. The number of hydrogen-bond donors (Lipinski definition) is 2. The van der Waals surface area contributed by atoms with E-state index in [0.29, 0.717) is 34.1 Å². The van der Waals surface area contributed by atoms with Crippen molar-refractivity contribution in [2.75, 3.05) is 13.7 Å². The number of hydrogen-bond acceptors (Lipinski definition) is 8. The predicted octanol–water partition coefficient (Wildman–Crippen LogP) is 3.88. The van der Waals surface area contributed by atoms with Crippen LogP contribution in [0.25, 0.3) is 6.08 Å². The molecule has 2 amide bonds. The molecule has 0 bridgehead atoms. The number of carbonyl (C=O) groups is 3. The van der Waals surface area contributed by atoms with E-state index in [1.54, 1.807) is 62.4 Å². The van der Waals surface area contributed by atoms with Gasteiger partial charge in [-0.1, -0.05) is 30.8 Å². The van der Waals surface area contributed by atoms with E-state index in [0.717, 1.165) is 16.8 Å². The summed E-state index contributed by atoms with van der Waals surface area (Å²) in [5.41, 5.74) is 3.45. The molecule has 3 rings (SSSR count). The Morgan fingerprint density at radius 3 is 2.63 bits per heavy atom. The lowest BCUT2D eigenvalue weighted by atomic mass is 10.1. The maximum atomic E-state index is 12.9. The Labute approximate surface area is 212 Å². The largest absolute Gasteiger partial charge is 0.497 e. The highest BCUT2D eigenvalue weighted by Gasteiger charge is 2.34. The first-order valence-corrected chi connectivity index (χ1v) is 11.9. The number of thiocarbonyl (C=S) groups is 1. The summed E-state index contributed by atoms with van der Waals surface area (Å²) >= 11 is 6.33. The smallest absolute Gasteiger partial charge is 0.344 e. The van der Waals surface area contributed by atoms with Crippen LogP contribution in [-0.2, 0) is 9.59 Å². The zero-order valence-electron chi connectivity index (χ0n) is 19.3. The van der Waals surface area contributed by atoms with Gasteiger partial charge in [-0.2, -0.15) is 5.01 Å². The van der Waals surface area contributed by atoms with Gasteiger partial charge in [-0.05, 0) is 67.5 Å². The lowest BCUT2D eigenvalue weighted by Gasteiger charge is -2.17. The Morgan fingerprint density at radius 1 is 1.20 bits per heavy atom. The molecule has 0 radical (unpaired) electrons. The van der Waals surface area contributed by atoms with Crippen LogP contribution < -0.4 is 19.6 Å². The fraction of sp³-hybridized carbons (Fsp3) is 0.250. The molecule has 2 N–H and O–H groups in total. The number of amides is 2. The van der Waals surface area contributed by atoms with E-state index in [-0.39, 0.29) is 16.5 Å². The quantitative estimate of drug-likeness (QED) is 0.359. The minimum absolute atomic E-state index is 0.176. The van der Waals surface area contributed by atoms with Crippen LogP contribution in [0, 0.1) is 0 Å². The van der Waals surface area contributed by atoms with Crippen molar-refractivity contribution < 1.29 is 33.7 Å². The second-order valence-corrected chi connectivity index (χ2v) is 8.86. The Kier molecular flexibility index (Phi) is 8.72. The van der Waals surface area contributed by atoms with E-state index >= 15 is 0 Å². The average molecular weight is 517 g/mol. The molecule has 2 aromatic carbocycles. The van der Waals surface area contributed by atoms with Gasteiger partial charge in [0.1, 0.15) is 5.75 Å². The molecule has 1 fully saturated rings. The van der Waals surface area contributed by atoms with Crippen LogP contribution in [-0.4, -0.2) is 52.0 Å². The third-order valence-electron chi connectivity index (χ3n) is 4.82. The number of benzene rings is 2. The van der Waals surface area contributed by atoms with Gasteiger partial charge >= 0.3 is 5.97 Å². The van der Waals surface area contributed by atoms with Gasteiger partial charge in [0.25, 0.3) is 11.8 Å². The van der Waals surface area contributed by atoms with Crippen molar-refractivity contribution in [1.29, 1.82) is 0 Å². The van der Waals surface area contributed by atoms with Crippen molar-refractivity contribution in [2.45, 2.75) is 26.4 Å². The van der Waals surface area contributed by atoms with Crippen LogP contribution in [0.5, 0.6) is 17.2 Å². The van der Waals surface area contributed by atoms with E-state index < -0.39 is 23.9 Å². The summed E-state index contributed by atoms with van der Waals surface area (Å²) in [5.74, 6) is -0.913. The summed E-state index contributed by atoms with van der Waals surface area (Å²) in [6, 6.07) is 11.4. The van der Waals surface area contributed by atoms with E-state index in [2.05, 4.69) is 5.43 Å². The van der Waals surface area contributed by atoms with Crippen molar-refractivity contribution in [3.63, 3.8) is 0 Å². The van der Waals surface area contributed by atoms with Crippen molar-refractivity contribution in [2.24, 2.45) is 0 Å². The number of nitrogens with zero attached hydrogens (tertiary/aromatic N) is 1. The molecule has 2 aromatic rings. The summed E-state index contributed by atoms with van der Waals surface area (Å²) in [7, 11) is 1.49. The fourth-order valence-corrected chi connectivity index (χ4v) is 4.27. The molecule has 0 aromatic heterocycles. The Balaban J connectivity index is 1.79. The summed E-state index contributed by atoms with van der Waals surface area (Å²) in [6.07, 6.45) is 0.884. The zero-order valence-corrected chi connectivity index (χ0v) is 20.9. The van der Waals surface area contributed by atoms with Gasteiger partial charge in [0.15, 0.2) is 21.9 Å². The number of aliphatic carboxylic acids is 1. The standard InChI is InChI=1S/C24H24N2O7S2/c1-4-17(23(29)30)33-18-10-9-14(11-19(18)32-5-2)12-20-22(28)26(24(34)35-20)25-21(27)15-7-6-8-16(13-15)31-3/h6-13,17H,4-5H2,1-3H3,(H,25,27)(H,29,30)/b20-12+. The van der Waals surface area contributed by atoms with Crippen LogP contribution >= 0.6 is 24.0 Å². The molecule has 0 saturated carbocycles. The molecule has 1 heterocycles. The van der Waals surface area contributed by atoms with Crippen molar-refractivity contribution in [3.8, 4) is 17.2 Å². The highest BCUT2D eigenvalue weighted by atomic mass is 32.2. The summed E-state index contributed by atoms with van der Waals surface area (Å²) in [5, 5.41) is 10.3. The molecule has 9 nitrogen and oxygen atoms in total. The van der Waals surface area contributed by atoms with Crippen molar-refractivity contribution in [1.82, 2.24) is 10.4 Å². The molecule has 1 unspecified atom stereocenters. The number of rotatable bonds is 10. The molecule has 0 aliphatic carbocycles. The van der Waals surface area contributed by atoms with E-state index in [1.807, 2.05) is 0 Å². The van der Waals surface area contributed by atoms with Crippen molar-refractivity contribution in [3.05, 3.63) is 58.5 Å². The molecule has 184 valence electrons. The van der Waals surface area contributed by atoms with Gasteiger partial charge in [-0.15, -0.1) is 0 Å². The zero-order chi connectivity index (χ0) is 25.5. The van der Waals surface area contributed by atoms with Crippen molar-refractivity contribution >= 4 is 52.2 Å². The molecular weight excluding hydrogens is 492 g/mol. The number of carbonyl (C=O) groups excluding carboxylic acids is 2. The first-order chi connectivity index (χ1) is 16.8. The monoisotopic (exact) mass is 516 g/mol. The van der Waals surface area contributed by atoms with Crippen LogP contribution in [0.4, 0.5) is 0 Å². The SMILES string of the molecule is CCOc1cc(/C=C2/SC(=S)N(NC(=O)c3cccc(OC)c3)C2=O)ccc1OC(CC)C(=O)O. The number of nitrogens with one attached hydrogen (secondary N) is 1. The number of carboxylic acids is 1. The van der Waals surface area contributed by atoms with Gasteiger partial charge < -0.3 is 19.3 Å². The third kappa shape index (κ3) is 6.31. The first-order valence-electron chi connectivity index (χ1n) is 10.7. The second-order valence-electron chi connectivity index (χ2n) is 7.18. The van der Waals surface area contributed by atoms with Gasteiger partial charge in [-0.3, -0.25) is 15.0 Å². The predicted molar refractivity (Wildman–Crippen MR) is 135 cm³/mol. The number of hydrazine groups is 1. The van der Waals surface area contributed by atoms with Crippen LogP contribution in [0.3, 0.4) is 0 Å². The summed E-state index contributed by atoms with van der Waals surface area (Å²) < 4.78 is 16.5. The van der Waals surface area contributed by atoms with Gasteiger partial charge in [0.05, 0.1) is 18.6 Å². The van der Waals surface area contributed by atoms with E-state index in [1.165, 1.54) is 7.11 Å². The van der Waals surface area contributed by atoms with Crippen LogP contribution in [0.2, 0.25) is 0 Å². The Bertz CT molecular complexity index is 1180. The molecule has 1 aliphatic heterocycles. The molecule has 11 heteroatoms. The maximum absolute atomic E-state index is 12.9. The van der Waals surface area contributed by atoms with Gasteiger partial charge in [0.2, 0.25) is 0 Å². The maximum Gasteiger partial charge on any atom is 0.344 e. The minimum atomic E-state index is -1.07. The van der Waals surface area contributed by atoms with Gasteiger partial charge in [0, 0.05) is 5.56 Å². The summed E-state index contributed by atoms with van der Waals surface area (Å²) in [4.78, 5) is 37.2. The molecule has 0 spiro atoms. The Morgan fingerprint density at radius 2 is 1.97 bits per heavy atom. The van der Waals surface area contributed by atoms with Gasteiger partial charge in [-0.25, -0.2) is 4.79 Å². The minimum Gasteiger partial charge on any atom is -0.497 e. The second kappa shape index (κ2) is 11.7. The van der Waals surface area contributed by atoms with E-state index in [4.69, 9.17) is 26.4 Å². The lowest BCUT2D eigenvalue weighted by Crippen LogP contribution is -2.44. The molecule has 1 saturated heterocycles. The topological polar surface area (TPSA) is 114 Å². The number of ether oxygens (including phenoxy) is 3. The number of carboxylic acid groups (broad SMARTS) is 1. The highest BCUT2D eigenvalue weighted by molar-refractivity contribution is 8.26. The molecular formula is C24H24N2O7S2. The molecule has 1 aliphatic rings. The van der Waals surface area contributed by atoms with E-state index in [9.17, 15) is 19.5 Å². The lowest BCUT2D eigenvalue weighted by molar-refractivity contribution is -0.145. The first kappa shape index (κ1) is 26.0. The third-order valence-corrected chi connectivity index (χ3v) is 6.12.